The van der Waals surface area contributed by atoms with E-state index in [1.807, 2.05) is 0 Å². The van der Waals surface area contributed by atoms with Gasteiger partial charge in [0.2, 0.25) is 0 Å². The Morgan fingerprint density at radius 2 is 1.97 bits per heavy atom. The molecule has 0 aliphatic carbocycles. The molecular formula is C20H19F3N4O3S. The molecule has 0 amide bonds. The number of ether oxygens (including phenoxy) is 1. The monoisotopic (exact) mass is 452 g/mol. The largest absolute Gasteiger partial charge is 0.462 e. The number of hydrogen-bond acceptors (Lipinski definition) is 7. The van der Waals surface area contributed by atoms with E-state index < -0.39 is 11.5 Å². The SMILES string of the molecule is CCO/N=C/c1ccc(C(=O)OCC)c(-c2nc3cc(SC(F)(F)F)ccc3n2C)n1. The normalized spacial score (nSPS) is 11.9. The third kappa shape index (κ3) is 5.35. The van der Waals surface area contributed by atoms with Crippen molar-refractivity contribution in [1.82, 2.24) is 14.5 Å². The third-order valence-electron chi connectivity index (χ3n) is 4.10. The second kappa shape index (κ2) is 9.38. The second-order valence-corrected chi connectivity index (χ2v) is 7.34. The lowest BCUT2D eigenvalue weighted by atomic mass is 10.1. The third-order valence-corrected chi connectivity index (χ3v) is 4.82. The number of carbonyl (C=O) groups excluding carboxylic acids is 1. The Morgan fingerprint density at radius 1 is 1.19 bits per heavy atom. The highest BCUT2D eigenvalue weighted by molar-refractivity contribution is 8.00. The van der Waals surface area contributed by atoms with Crippen LogP contribution in [0.4, 0.5) is 13.2 Å². The van der Waals surface area contributed by atoms with Crippen LogP contribution in [0.2, 0.25) is 0 Å². The molecule has 164 valence electrons. The van der Waals surface area contributed by atoms with Crippen molar-refractivity contribution in [3.05, 3.63) is 41.6 Å². The smallest absolute Gasteiger partial charge is 0.446 e. The van der Waals surface area contributed by atoms with E-state index in [1.54, 1.807) is 37.6 Å². The first-order chi connectivity index (χ1) is 14.7. The van der Waals surface area contributed by atoms with Crippen LogP contribution in [0.1, 0.15) is 29.9 Å². The first-order valence-corrected chi connectivity index (χ1v) is 10.1. The molecule has 0 N–H and O–H groups in total. The molecule has 0 aliphatic rings. The molecule has 0 saturated heterocycles. The highest BCUT2D eigenvalue weighted by atomic mass is 32.2. The number of oxime groups is 1. The summed E-state index contributed by atoms with van der Waals surface area (Å²) in [5.41, 5.74) is -2.65. The zero-order valence-electron chi connectivity index (χ0n) is 16.9. The van der Waals surface area contributed by atoms with Gasteiger partial charge in [-0.25, -0.2) is 14.8 Å². The molecule has 0 aliphatic heterocycles. The lowest BCUT2D eigenvalue weighted by Gasteiger charge is -2.09. The van der Waals surface area contributed by atoms with Gasteiger partial charge in [0, 0.05) is 11.9 Å². The maximum atomic E-state index is 12.7. The number of aromatic nitrogens is 3. The van der Waals surface area contributed by atoms with Crippen LogP contribution in [0.3, 0.4) is 0 Å². The van der Waals surface area contributed by atoms with Gasteiger partial charge in [-0.15, -0.1) is 0 Å². The van der Waals surface area contributed by atoms with Gasteiger partial charge < -0.3 is 14.1 Å². The number of alkyl halides is 3. The Hall–Kier alpha value is -3.08. The van der Waals surface area contributed by atoms with Crippen LogP contribution in [-0.4, -0.2) is 45.4 Å². The van der Waals surface area contributed by atoms with Gasteiger partial charge in [-0.3, -0.25) is 0 Å². The summed E-state index contributed by atoms with van der Waals surface area (Å²) < 4.78 is 45.0. The Balaban J connectivity index is 2.13. The highest BCUT2D eigenvalue weighted by Gasteiger charge is 2.29. The number of thioether (sulfide) groups is 1. The van der Waals surface area contributed by atoms with E-state index in [0.29, 0.717) is 29.2 Å². The number of carbonyl (C=O) groups is 1. The van der Waals surface area contributed by atoms with Crippen molar-refractivity contribution in [1.29, 1.82) is 0 Å². The van der Waals surface area contributed by atoms with Crippen molar-refractivity contribution in [2.75, 3.05) is 13.2 Å². The summed E-state index contributed by atoms with van der Waals surface area (Å²) in [6.07, 6.45) is 1.39. The highest BCUT2D eigenvalue weighted by Crippen LogP contribution is 2.38. The van der Waals surface area contributed by atoms with Crippen LogP contribution in [0, 0.1) is 0 Å². The van der Waals surface area contributed by atoms with E-state index in [2.05, 4.69) is 15.1 Å². The molecule has 31 heavy (non-hydrogen) atoms. The number of hydrogen-bond donors (Lipinski definition) is 0. The fourth-order valence-corrected chi connectivity index (χ4v) is 3.42. The molecule has 0 fully saturated rings. The van der Waals surface area contributed by atoms with E-state index in [1.165, 1.54) is 24.4 Å². The maximum absolute atomic E-state index is 12.7. The number of imidazole rings is 1. The van der Waals surface area contributed by atoms with Gasteiger partial charge in [-0.05, 0) is 55.9 Å². The molecule has 7 nitrogen and oxygen atoms in total. The number of benzene rings is 1. The van der Waals surface area contributed by atoms with Crippen molar-refractivity contribution in [2.45, 2.75) is 24.3 Å². The summed E-state index contributed by atoms with van der Waals surface area (Å²) in [5, 5.41) is 3.78. The van der Waals surface area contributed by atoms with Crippen LogP contribution in [0.5, 0.6) is 0 Å². The number of aryl methyl sites for hydroxylation is 1. The predicted octanol–water partition coefficient (Wildman–Crippen LogP) is 4.79. The van der Waals surface area contributed by atoms with Gasteiger partial charge in [0.15, 0.2) is 5.82 Å². The zero-order valence-corrected chi connectivity index (χ0v) is 17.8. The molecule has 3 aromatic rings. The molecule has 0 atom stereocenters. The molecule has 0 spiro atoms. The summed E-state index contributed by atoms with van der Waals surface area (Å²) in [4.78, 5) is 26.3. The van der Waals surface area contributed by atoms with Gasteiger partial charge in [0.25, 0.3) is 0 Å². The number of rotatable bonds is 7. The molecule has 11 heteroatoms. The van der Waals surface area contributed by atoms with Crippen molar-refractivity contribution >= 4 is 35.0 Å². The molecule has 0 unspecified atom stereocenters. The van der Waals surface area contributed by atoms with Crippen molar-refractivity contribution < 1.29 is 27.5 Å². The first kappa shape index (κ1) is 22.6. The summed E-state index contributed by atoms with van der Waals surface area (Å²) in [6, 6.07) is 7.39. The van der Waals surface area contributed by atoms with Gasteiger partial charge in [-0.2, -0.15) is 13.2 Å². The Labute approximate surface area is 180 Å². The average molecular weight is 452 g/mol. The van der Waals surface area contributed by atoms with E-state index in [9.17, 15) is 18.0 Å². The van der Waals surface area contributed by atoms with Gasteiger partial charge >= 0.3 is 11.5 Å². The predicted molar refractivity (Wildman–Crippen MR) is 111 cm³/mol. The molecule has 0 radical (unpaired) electrons. The van der Waals surface area contributed by atoms with E-state index >= 15 is 0 Å². The fourth-order valence-electron chi connectivity index (χ4n) is 2.84. The topological polar surface area (TPSA) is 78.6 Å². The second-order valence-electron chi connectivity index (χ2n) is 6.20. The van der Waals surface area contributed by atoms with E-state index in [-0.39, 0.29) is 34.5 Å². The number of nitrogens with zero attached hydrogens (tertiary/aromatic N) is 4. The minimum Gasteiger partial charge on any atom is -0.462 e. The Morgan fingerprint density at radius 3 is 2.65 bits per heavy atom. The first-order valence-electron chi connectivity index (χ1n) is 9.29. The van der Waals surface area contributed by atoms with Crippen LogP contribution in [-0.2, 0) is 16.6 Å². The van der Waals surface area contributed by atoms with Crippen LogP contribution < -0.4 is 0 Å². The lowest BCUT2D eigenvalue weighted by Crippen LogP contribution is -2.10. The van der Waals surface area contributed by atoms with Crippen molar-refractivity contribution in [2.24, 2.45) is 12.2 Å². The van der Waals surface area contributed by atoms with Gasteiger partial charge in [0.05, 0.1) is 35.1 Å². The number of esters is 1. The quantitative estimate of drug-likeness (QED) is 0.222. The minimum absolute atomic E-state index is 0.0147. The summed E-state index contributed by atoms with van der Waals surface area (Å²) in [7, 11) is 1.69. The molecule has 2 heterocycles. The number of fused-ring (bicyclic) bond motifs is 1. The van der Waals surface area contributed by atoms with Gasteiger partial charge in [-0.1, -0.05) is 5.16 Å². The number of halogens is 3. The lowest BCUT2D eigenvalue weighted by molar-refractivity contribution is -0.0328. The van der Waals surface area contributed by atoms with Gasteiger partial charge in [0.1, 0.15) is 12.3 Å². The Kier molecular flexibility index (Phi) is 6.84. The molecule has 3 rings (SSSR count). The average Bonchev–Trinajstić information content (AvgIpc) is 3.03. The molecular weight excluding hydrogens is 433 g/mol. The van der Waals surface area contributed by atoms with Crippen LogP contribution in [0.25, 0.3) is 22.6 Å². The van der Waals surface area contributed by atoms with Crippen molar-refractivity contribution in [3.8, 4) is 11.5 Å². The molecule has 2 aromatic heterocycles. The minimum atomic E-state index is -4.40. The van der Waals surface area contributed by atoms with E-state index in [0.717, 1.165) is 0 Å². The van der Waals surface area contributed by atoms with Crippen LogP contribution >= 0.6 is 11.8 Å². The summed E-state index contributed by atoms with van der Waals surface area (Å²) in [6.45, 7) is 4.02. The molecule has 0 bridgehead atoms. The standard InChI is InChI=1S/C20H19F3N4O3S/c1-4-29-19(28)14-8-6-12(11-24-30-5-2)25-17(14)18-26-15-10-13(31-20(21,22)23)7-9-16(15)27(18)3/h6-11H,4-5H2,1-3H3/b24-11+. The molecule has 1 aromatic carbocycles. The van der Waals surface area contributed by atoms with Crippen LogP contribution in [0.15, 0.2) is 40.4 Å². The summed E-state index contributed by atoms with van der Waals surface area (Å²) >= 11 is -0.215. The maximum Gasteiger partial charge on any atom is 0.446 e. The Bertz CT molecular complexity index is 1130. The van der Waals surface area contributed by atoms with E-state index in [4.69, 9.17) is 9.57 Å². The fraction of sp³-hybridized carbons (Fsp3) is 0.300. The van der Waals surface area contributed by atoms with Crippen molar-refractivity contribution in [3.63, 3.8) is 0 Å². The number of pyridine rings is 1. The summed E-state index contributed by atoms with van der Waals surface area (Å²) in [5.74, 6) is -0.280. The zero-order chi connectivity index (χ0) is 22.6. The molecule has 0 saturated carbocycles.